The predicted molar refractivity (Wildman–Crippen MR) is 199 cm³/mol. The molecule has 4 aromatic carbocycles. The van der Waals surface area contributed by atoms with Crippen molar-refractivity contribution in [2.24, 2.45) is 0 Å². The standard InChI is InChI=1S/C43H44N4O/c1-27-21-33(47-29(3)41(28(2)45-47)30-13-11-10-12-14-30)25-35(22-27)48-34-16-17-36-37-23-31(42(4,5)6)15-18-38(37)46(39(36)26-34)40-24-32(19-20-44-40)43(7,8)9/h10-26H,1-9H3. The fourth-order valence-electron chi connectivity index (χ4n) is 6.75. The van der Waals surface area contributed by atoms with Crippen molar-refractivity contribution >= 4 is 21.8 Å². The molecule has 0 bridgehead atoms. The zero-order chi connectivity index (χ0) is 34.0. The summed E-state index contributed by atoms with van der Waals surface area (Å²) in [6.45, 7) is 19.8. The molecule has 5 heteroatoms. The summed E-state index contributed by atoms with van der Waals surface area (Å²) in [6.07, 6.45) is 1.92. The van der Waals surface area contributed by atoms with E-state index < -0.39 is 0 Å². The summed E-state index contributed by atoms with van der Waals surface area (Å²) in [7, 11) is 0. The first-order valence-electron chi connectivity index (χ1n) is 16.7. The molecule has 0 saturated heterocycles. The Balaban J connectivity index is 1.34. The van der Waals surface area contributed by atoms with Crippen molar-refractivity contribution in [3.8, 4) is 34.1 Å². The van der Waals surface area contributed by atoms with Crippen LogP contribution in [-0.2, 0) is 10.8 Å². The van der Waals surface area contributed by atoms with E-state index in [4.69, 9.17) is 14.8 Å². The van der Waals surface area contributed by atoms with Crippen LogP contribution in [0, 0.1) is 20.8 Å². The Hall–Kier alpha value is -5.16. The van der Waals surface area contributed by atoms with Gasteiger partial charge < -0.3 is 4.74 Å². The van der Waals surface area contributed by atoms with Gasteiger partial charge in [-0.05, 0) is 102 Å². The molecule has 3 aromatic heterocycles. The van der Waals surface area contributed by atoms with Crippen molar-refractivity contribution in [3.63, 3.8) is 0 Å². The van der Waals surface area contributed by atoms with Crippen LogP contribution in [-0.4, -0.2) is 19.3 Å². The molecular formula is C43H44N4O. The molecule has 0 N–H and O–H groups in total. The van der Waals surface area contributed by atoms with Crippen LogP contribution in [0.25, 0.3) is 44.4 Å². The lowest BCUT2D eigenvalue weighted by Gasteiger charge is -2.20. The topological polar surface area (TPSA) is 44.9 Å². The van der Waals surface area contributed by atoms with Crippen molar-refractivity contribution in [3.05, 3.63) is 131 Å². The molecule has 0 amide bonds. The average Bonchev–Trinajstić information content (AvgIpc) is 3.52. The van der Waals surface area contributed by atoms with E-state index in [0.29, 0.717) is 0 Å². The molecule has 0 atom stereocenters. The molecule has 0 fully saturated rings. The third-order valence-corrected chi connectivity index (χ3v) is 9.31. The van der Waals surface area contributed by atoms with Crippen LogP contribution in [0.4, 0.5) is 0 Å². The fourth-order valence-corrected chi connectivity index (χ4v) is 6.75. The van der Waals surface area contributed by atoms with Crippen molar-refractivity contribution < 1.29 is 4.74 Å². The first-order chi connectivity index (χ1) is 22.8. The van der Waals surface area contributed by atoms with Crippen molar-refractivity contribution in [1.29, 1.82) is 0 Å². The van der Waals surface area contributed by atoms with Gasteiger partial charge >= 0.3 is 0 Å². The van der Waals surface area contributed by atoms with Crippen LogP contribution in [0.1, 0.15) is 69.6 Å². The zero-order valence-corrected chi connectivity index (χ0v) is 29.5. The largest absolute Gasteiger partial charge is 0.457 e. The number of hydrogen-bond acceptors (Lipinski definition) is 3. The van der Waals surface area contributed by atoms with Crippen LogP contribution >= 0.6 is 0 Å². The van der Waals surface area contributed by atoms with Gasteiger partial charge in [-0.3, -0.25) is 4.57 Å². The quantitative estimate of drug-likeness (QED) is 0.190. The molecule has 0 unspecified atom stereocenters. The van der Waals surface area contributed by atoms with Gasteiger partial charge in [0.1, 0.15) is 17.3 Å². The number of aryl methyl sites for hydroxylation is 2. The number of nitrogens with zero attached hydrogens (tertiary/aromatic N) is 4. The summed E-state index contributed by atoms with van der Waals surface area (Å²) < 4.78 is 11.0. The Morgan fingerprint density at radius 1 is 0.625 bits per heavy atom. The zero-order valence-electron chi connectivity index (χ0n) is 29.5. The van der Waals surface area contributed by atoms with Crippen molar-refractivity contribution in [2.75, 3.05) is 0 Å². The van der Waals surface area contributed by atoms with E-state index in [1.54, 1.807) is 0 Å². The number of rotatable bonds is 5. The lowest BCUT2D eigenvalue weighted by molar-refractivity contribution is 0.482. The maximum absolute atomic E-state index is 6.66. The van der Waals surface area contributed by atoms with Gasteiger partial charge in [0, 0.05) is 40.4 Å². The van der Waals surface area contributed by atoms with E-state index in [9.17, 15) is 0 Å². The van der Waals surface area contributed by atoms with E-state index in [0.717, 1.165) is 56.6 Å². The molecule has 0 saturated carbocycles. The van der Waals surface area contributed by atoms with E-state index >= 15 is 0 Å². The van der Waals surface area contributed by atoms with E-state index in [1.807, 2.05) is 16.9 Å². The lowest BCUT2D eigenvalue weighted by Crippen LogP contribution is -2.12. The molecule has 7 rings (SSSR count). The Labute approximate surface area is 283 Å². The number of aromatic nitrogens is 4. The van der Waals surface area contributed by atoms with Crippen LogP contribution in [0.15, 0.2) is 103 Å². The Kier molecular flexibility index (Phi) is 7.54. The van der Waals surface area contributed by atoms with Gasteiger partial charge in [0.25, 0.3) is 0 Å². The van der Waals surface area contributed by atoms with Gasteiger partial charge in [-0.15, -0.1) is 0 Å². The first-order valence-corrected chi connectivity index (χ1v) is 16.7. The van der Waals surface area contributed by atoms with Gasteiger partial charge in [0.05, 0.1) is 22.4 Å². The normalized spacial score (nSPS) is 12.3. The highest BCUT2D eigenvalue weighted by molar-refractivity contribution is 6.09. The van der Waals surface area contributed by atoms with Gasteiger partial charge in [-0.2, -0.15) is 5.10 Å². The van der Waals surface area contributed by atoms with Crippen LogP contribution in [0.3, 0.4) is 0 Å². The van der Waals surface area contributed by atoms with Crippen LogP contribution < -0.4 is 4.74 Å². The monoisotopic (exact) mass is 632 g/mol. The predicted octanol–water partition coefficient (Wildman–Crippen LogP) is 11.3. The molecule has 0 aliphatic carbocycles. The second kappa shape index (κ2) is 11.5. The highest BCUT2D eigenvalue weighted by Gasteiger charge is 2.21. The number of hydrogen-bond donors (Lipinski definition) is 0. The molecule has 48 heavy (non-hydrogen) atoms. The highest BCUT2D eigenvalue weighted by atomic mass is 16.5. The summed E-state index contributed by atoms with van der Waals surface area (Å²) in [6, 6.07) is 34.4. The molecule has 0 aliphatic rings. The summed E-state index contributed by atoms with van der Waals surface area (Å²) in [5.41, 5.74) is 11.3. The van der Waals surface area contributed by atoms with Gasteiger partial charge in [0.15, 0.2) is 0 Å². The van der Waals surface area contributed by atoms with Crippen LogP contribution in [0.2, 0.25) is 0 Å². The summed E-state index contributed by atoms with van der Waals surface area (Å²) in [4.78, 5) is 4.89. The summed E-state index contributed by atoms with van der Waals surface area (Å²) >= 11 is 0. The van der Waals surface area contributed by atoms with Crippen molar-refractivity contribution in [2.45, 2.75) is 73.1 Å². The molecule has 0 radical (unpaired) electrons. The minimum absolute atomic E-state index is 0.000330. The second-order valence-corrected chi connectivity index (χ2v) is 15.1. The minimum Gasteiger partial charge on any atom is -0.457 e. The smallest absolute Gasteiger partial charge is 0.137 e. The number of pyridine rings is 1. The summed E-state index contributed by atoms with van der Waals surface area (Å²) in [5, 5.41) is 7.34. The maximum Gasteiger partial charge on any atom is 0.137 e. The fraction of sp³-hybridized carbons (Fsp3) is 0.256. The second-order valence-electron chi connectivity index (χ2n) is 15.1. The van der Waals surface area contributed by atoms with Gasteiger partial charge in [0.2, 0.25) is 0 Å². The van der Waals surface area contributed by atoms with E-state index in [1.165, 1.54) is 27.5 Å². The first kappa shape index (κ1) is 31.4. The molecule has 242 valence electrons. The van der Waals surface area contributed by atoms with Gasteiger partial charge in [-0.25, -0.2) is 9.67 Å². The molecule has 0 aliphatic heterocycles. The molecule has 3 heterocycles. The summed E-state index contributed by atoms with van der Waals surface area (Å²) in [5.74, 6) is 2.44. The van der Waals surface area contributed by atoms with Crippen LogP contribution in [0.5, 0.6) is 11.5 Å². The van der Waals surface area contributed by atoms with E-state index in [2.05, 4.69) is 158 Å². The number of fused-ring (bicyclic) bond motifs is 3. The average molecular weight is 633 g/mol. The molecule has 0 spiro atoms. The Morgan fingerprint density at radius 2 is 1.35 bits per heavy atom. The Bertz CT molecular complexity index is 2310. The highest BCUT2D eigenvalue weighted by Crippen LogP contribution is 2.38. The Morgan fingerprint density at radius 3 is 2.08 bits per heavy atom. The third kappa shape index (κ3) is 5.68. The SMILES string of the molecule is Cc1cc(Oc2ccc3c4cc(C(C)(C)C)ccc4n(-c4cc(C(C)(C)C)ccn4)c3c2)cc(-n2nc(C)c(-c3ccccc3)c2C)c1. The molecule has 7 aromatic rings. The van der Waals surface area contributed by atoms with Gasteiger partial charge in [-0.1, -0.05) is 77.9 Å². The van der Waals surface area contributed by atoms with E-state index in [-0.39, 0.29) is 10.8 Å². The van der Waals surface area contributed by atoms with Crippen molar-refractivity contribution in [1.82, 2.24) is 19.3 Å². The molecule has 5 nitrogen and oxygen atoms in total. The lowest BCUT2D eigenvalue weighted by atomic mass is 9.86. The molecular weight excluding hydrogens is 589 g/mol. The maximum atomic E-state index is 6.66. The minimum atomic E-state index is 0.000330. The number of ether oxygens (including phenoxy) is 1. The third-order valence-electron chi connectivity index (χ3n) is 9.31. The number of benzene rings is 4.